The van der Waals surface area contributed by atoms with E-state index in [-0.39, 0.29) is 17.4 Å². The number of nitro groups is 1. The SMILES string of the molecule is O=C(COC(=O)CNC(=O)c1ccccc1)Nc1nc2ccc([N+](=O)[O-])cc2s1. The first-order valence-corrected chi connectivity index (χ1v) is 9.08. The Kier molecular flexibility index (Phi) is 6.09. The van der Waals surface area contributed by atoms with Gasteiger partial charge in [0.05, 0.1) is 15.1 Å². The van der Waals surface area contributed by atoms with Crippen molar-refractivity contribution in [2.24, 2.45) is 0 Å². The number of nitrogens with one attached hydrogen (secondary N) is 2. The van der Waals surface area contributed by atoms with Crippen LogP contribution in [0.5, 0.6) is 0 Å². The van der Waals surface area contributed by atoms with Crippen LogP contribution >= 0.6 is 11.3 Å². The molecule has 2 N–H and O–H groups in total. The number of aromatic nitrogens is 1. The van der Waals surface area contributed by atoms with Crippen LogP contribution in [-0.4, -0.2) is 40.8 Å². The highest BCUT2D eigenvalue weighted by Crippen LogP contribution is 2.29. The second-order valence-corrected chi connectivity index (χ2v) is 6.72. The zero-order valence-electron chi connectivity index (χ0n) is 14.8. The topological polar surface area (TPSA) is 141 Å². The number of fused-ring (bicyclic) bond motifs is 1. The zero-order chi connectivity index (χ0) is 20.8. The van der Waals surface area contributed by atoms with E-state index in [9.17, 15) is 24.5 Å². The number of hydrogen-bond donors (Lipinski definition) is 2. The predicted octanol–water partition coefficient (Wildman–Crippen LogP) is 2.12. The van der Waals surface area contributed by atoms with Crippen LogP contribution in [0.3, 0.4) is 0 Å². The molecule has 0 aliphatic heterocycles. The van der Waals surface area contributed by atoms with Crippen molar-refractivity contribution >= 4 is 50.2 Å². The maximum atomic E-state index is 11.9. The third-order valence-electron chi connectivity index (χ3n) is 3.62. The van der Waals surface area contributed by atoms with Crippen molar-refractivity contribution < 1.29 is 24.0 Å². The smallest absolute Gasteiger partial charge is 0.325 e. The van der Waals surface area contributed by atoms with Crippen LogP contribution in [0.4, 0.5) is 10.8 Å². The van der Waals surface area contributed by atoms with Crippen molar-refractivity contribution in [2.45, 2.75) is 0 Å². The van der Waals surface area contributed by atoms with Gasteiger partial charge < -0.3 is 10.1 Å². The Labute approximate surface area is 167 Å². The number of rotatable bonds is 7. The van der Waals surface area contributed by atoms with Gasteiger partial charge in [-0.3, -0.25) is 29.8 Å². The van der Waals surface area contributed by atoms with Gasteiger partial charge in [0.2, 0.25) is 0 Å². The molecule has 2 amide bonds. The standard InChI is InChI=1S/C18H14N4O6S/c23-15(10-28-16(24)9-19-17(25)11-4-2-1-3-5-11)21-18-20-13-7-6-12(22(26)27)8-14(13)29-18/h1-8H,9-10H2,(H,19,25)(H,20,21,23). The summed E-state index contributed by atoms with van der Waals surface area (Å²) in [5.41, 5.74) is 0.816. The van der Waals surface area contributed by atoms with Gasteiger partial charge in [-0.15, -0.1) is 0 Å². The van der Waals surface area contributed by atoms with Crippen molar-refractivity contribution in [1.29, 1.82) is 0 Å². The van der Waals surface area contributed by atoms with Crippen molar-refractivity contribution in [1.82, 2.24) is 10.3 Å². The normalized spacial score (nSPS) is 10.3. The summed E-state index contributed by atoms with van der Waals surface area (Å²) in [5, 5.41) is 15.9. The maximum absolute atomic E-state index is 11.9. The number of benzene rings is 2. The van der Waals surface area contributed by atoms with Crippen LogP contribution in [0.1, 0.15) is 10.4 Å². The molecule has 1 aromatic heterocycles. The van der Waals surface area contributed by atoms with Crippen LogP contribution in [0.15, 0.2) is 48.5 Å². The molecule has 10 nitrogen and oxygen atoms in total. The Hall–Kier alpha value is -3.86. The molecule has 0 unspecified atom stereocenters. The van der Waals surface area contributed by atoms with Gasteiger partial charge >= 0.3 is 5.97 Å². The van der Waals surface area contributed by atoms with Crippen molar-refractivity contribution in [3.05, 3.63) is 64.2 Å². The average molecular weight is 414 g/mol. The highest BCUT2D eigenvalue weighted by atomic mass is 32.1. The Morgan fingerprint density at radius 1 is 1.14 bits per heavy atom. The molecular weight excluding hydrogens is 400 g/mol. The quantitative estimate of drug-likeness (QED) is 0.343. The average Bonchev–Trinajstić information content (AvgIpc) is 3.12. The fourth-order valence-electron chi connectivity index (χ4n) is 2.28. The number of ether oxygens (including phenoxy) is 1. The molecule has 148 valence electrons. The molecule has 1 heterocycles. The number of hydrogen-bond acceptors (Lipinski definition) is 8. The second-order valence-electron chi connectivity index (χ2n) is 5.69. The number of anilines is 1. The Balaban J connectivity index is 1.47. The largest absolute Gasteiger partial charge is 0.454 e. The molecule has 29 heavy (non-hydrogen) atoms. The Bertz CT molecular complexity index is 1080. The number of amides is 2. The fourth-order valence-corrected chi connectivity index (χ4v) is 3.19. The molecule has 0 saturated heterocycles. The summed E-state index contributed by atoms with van der Waals surface area (Å²) >= 11 is 1.06. The number of thiazole rings is 1. The molecule has 0 radical (unpaired) electrons. The fraction of sp³-hybridized carbons (Fsp3) is 0.111. The third-order valence-corrected chi connectivity index (χ3v) is 4.56. The van der Waals surface area contributed by atoms with E-state index in [1.807, 2.05) is 0 Å². The van der Waals surface area contributed by atoms with Crippen molar-refractivity contribution in [3.63, 3.8) is 0 Å². The lowest BCUT2D eigenvalue weighted by molar-refractivity contribution is -0.384. The molecule has 3 aromatic rings. The maximum Gasteiger partial charge on any atom is 0.325 e. The van der Waals surface area contributed by atoms with Gasteiger partial charge in [0, 0.05) is 17.7 Å². The van der Waals surface area contributed by atoms with Gasteiger partial charge in [-0.05, 0) is 18.2 Å². The van der Waals surface area contributed by atoms with Gasteiger partial charge in [-0.2, -0.15) is 0 Å². The molecule has 0 bridgehead atoms. The number of carbonyl (C=O) groups is 3. The van der Waals surface area contributed by atoms with E-state index in [1.54, 1.807) is 30.3 Å². The van der Waals surface area contributed by atoms with Crippen LogP contribution < -0.4 is 10.6 Å². The molecule has 0 spiro atoms. The van der Waals surface area contributed by atoms with Crippen LogP contribution in [0.25, 0.3) is 10.2 Å². The number of nitrogens with zero attached hydrogens (tertiary/aromatic N) is 2. The summed E-state index contributed by atoms with van der Waals surface area (Å²) < 4.78 is 5.35. The minimum atomic E-state index is -0.774. The lowest BCUT2D eigenvalue weighted by Gasteiger charge is -2.06. The zero-order valence-corrected chi connectivity index (χ0v) is 15.6. The minimum Gasteiger partial charge on any atom is -0.454 e. The van der Waals surface area contributed by atoms with E-state index >= 15 is 0 Å². The third kappa shape index (κ3) is 5.32. The lowest BCUT2D eigenvalue weighted by Crippen LogP contribution is -2.32. The number of esters is 1. The van der Waals surface area contributed by atoms with Crippen molar-refractivity contribution in [3.8, 4) is 0 Å². The minimum absolute atomic E-state index is 0.0782. The van der Waals surface area contributed by atoms with Gasteiger partial charge in [-0.1, -0.05) is 29.5 Å². The molecule has 0 aliphatic carbocycles. The summed E-state index contributed by atoms with van der Waals surface area (Å²) in [6.07, 6.45) is 0. The van der Waals surface area contributed by atoms with E-state index in [2.05, 4.69) is 15.6 Å². The van der Waals surface area contributed by atoms with E-state index in [1.165, 1.54) is 18.2 Å². The monoisotopic (exact) mass is 414 g/mol. The molecular formula is C18H14N4O6S. The van der Waals surface area contributed by atoms with E-state index in [0.717, 1.165) is 11.3 Å². The first-order valence-electron chi connectivity index (χ1n) is 8.26. The van der Waals surface area contributed by atoms with Crippen molar-refractivity contribution in [2.75, 3.05) is 18.5 Å². The summed E-state index contributed by atoms with van der Waals surface area (Å²) in [6, 6.07) is 12.5. The van der Waals surface area contributed by atoms with E-state index < -0.39 is 29.3 Å². The Morgan fingerprint density at radius 2 is 1.90 bits per heavy atom. The molecule has 11 heteroatoms. The summed E-state index contributed by atoms with van der Waals surface area (Å²) in [7, 11) is 0. The number of non-ortho nitro benzene ring substituents is 1. The Morgan fingerprint density at radius 3 is 2.62 bits per heavy atom. The van der Waals surface area contributed by atoms with Gasteiger partial charge in [-0.25, -0.2) is 4.98 Å². The predicted molar refractivity (Wildman–Crippen MR) is 105 cm³/mol. The van der Waals surface area contributed by atoms with Gasteiger partial charge in [0.15, 0.2) is 11.7 Å². The molecule has 0 aliphatic rings. The molecule has 0 saturated carbocycles. The molecule has 2 aromatic carbocycles. The highest BCUT2D eigenvalue weighted by molar-refractivity contribution is 7.22. The lowest BCUT2D eigenvalue weighted by atomic mass is 10.2. The molecule has 0 atom stereocenters. The van der Waals surface area contributed by atoms with E-state index in [4.69, 9.17) is 4.74 Å². The molecule has 0 fully saturated rings. The highest BCUT2D eigenvalue weighted by Gasteiger charge is 2.14. The van der Waals surface area contributed by atoms with Gasteiger partial charge in [0.1, 0.15) is 6.54 Å². The second kappa shape index (κ2) is 8.89. The van der Waals surface area contributed by atoms with Crippen LogP contribution in [-0.2, 0) is 14.3 Å². The first kappa shape index (κ1) is 19.9. The van der Waals surface area contributed by atoms with Crippen LogP contribution in [0.2, 0.25) is 0 Å². The molecule has 3 rings (SSSR count). The summed E-state index contributed by atoms with van der Waals surface area (Å²) in [6.45, 7) is -0.943. The number of carbonyl (C=O) groups excluding carboxylic acids is 3. The number of nitro benzene ring substituents is 1. The summed E-state index contributed by atoms with van der Waals surface area (Å²) in [4.78, 5) is 49.8. The first-order chi connectivity index (χ1) is 13.9. The van der Waals surface area contributed by atoms with Crippen LogP contribution in [0, 0.1) is 10.1 Å². The van der Waals surface area contributed by atoms with Gasteiger partial charge in [0.25, 0.3) is 17.5 Å². The summed E-state index contributed by atoms with van der Waals surface area (Å²) in [5.74, 6) is -1.83. The van der Waals surface area contributed by atoms with E-state index in [0.29, 0.717) is 15.8 Å².